The van der Waals surface area contributed by atoms with Crippen LogP contribution in [0.4, 0.5) is 11.7 Å². The number of fused-ring (bicyclic) bond motifs is 1. The number of benzene rings is 2. The zero-order valence-corrected chi connectivity index (χ0v) is 13.1. The third-order valence-corrected chi connectivity index (χ3v) is 3.52. The van der Waals surface area contributed by atoms with Gasteiger partial charge < -0.3 is 23.9 Å². The van der Waals surface area contributed by atoms with E-state index in [0.29, 0.717) is 28.2 Å². The van der Waals surface area contributed by atoms with Gasteiger partial charge in [0, 0.05) is 16.8 Å². The Morgan fingerprint density at radius 2 is 1.88 bits per heavy atom. The Morgan fingerprint density at radius 3 is 2.75 bits per heavy atom. The van der Waals surface area contributed by atoms with Crippen molar-refractivity contribution in [3.05, 3.63) is 53.4 Å². The minimum atomic E-state index is 0.164. The number of ether oxygens (including phenoxy) is 3. The van der Waals surface area contributed by atoms with Gasteiger partial charge in [-0.3, -0.25) is 0 Å². The van der Waals surface area contributed by atoms with Crippen molar-refractivity contribution < 1.29 is 18.6 Å². The van der Waals surface area contributed by atoms with E-state index in [-0.39, 0.29) is 19.4 Å². The molecule has 0 bridgehead atoms. The average molecular weight is 346 g/mol. The summed E-state index contributed by atoms with van der Waals surface area (Å²) >= 11 is 5.82. The van der Waals surface area contributed by atoms with Gasteiger partial charge in [0.05, 0.1) is 0 Å². The normalized spacial score (nSPS) is 12.2. The molecule has 0 saturated heterocycles. The highest BCUT2D eigenvalue weighted by molar-refractivity contribution is 6.30. The van der Waals surface area contributed by atoms with Crippen molar-refractivity contribution in [2.24, 2.45) is 0 Å². The molecule has 0 radical (unpaired) electrons. The summed E-state index contributed by atoms with van der Waals surface area (Å²) in [6.07, 6.45) is 0. The maximum atomic E-state index is 5.82. The first kappa shape index (κ1) is 14.6. The molecule has 0 fully saturated rings. The quantitative estimate of drug-likeness (QED) is 0.753. The molecule has 0 saturated carbocycles. The Bertz CT molecular complexity index is 851. The standard InChI is InChI=1S/C16H12ClN3O4/c17-10-1-4-12(5-2-10)21-8-15-19-20-16(24-15)18-11-3-6-13-14(7-11)23-9-22-13/h1-7H,8-9H2,(H,18,20). The molecule has 0 atom stereocenters. The molecule has 1 aliphatic rings. The molecule has 7 nitrogen and oxygen atoms in total. The monoisotopic (exact) mass is 345 g/mol. The highest BCUT2D eigenvalue weighted by Crippen LogP contribution is 2.34. The van der Waals surface area contributed by atoms with Crippen LogP contribution in [-0.2, 0) is 6.61 Å². The lowest BCUT2D eigenvalue weighted by molar-refractivity contribution is 0.174. The van der Waals surface area contributed by atoms with Gasteiger partial charge in [0.2, 0.25) is 6.79 Å². The number of aromatic nitrogens is 2. The second kappa shape index (κ2) is 6.29. The summed E-state index contributed by atoms with van der Waals surface area (Å²) in [5.74, 6) is 2.41. The number of halogens is 1. The fourth-order valence-corrected chi connectivity index (χ4v) is 2.26. The van der Waals surface area contributed by atoms with E-state index in [1.165, 1.54) is 0 Å². The van der Waals surface area contributed by atoms with Crippen LogP contribution in [0.25, 0.3) is 0 Å². The van der Waals surface area contributed by atoms with Crippen LogP contribution in [0.3, 0.4) is 0 Å². The second-order valence-corrected chi connectivity index (χ2v) is 5.37. The van der Waals surface area contributed by atoms with Gasteiger partial charge in [-0.1, -0.05) is 16.7 Å². The predicted octanol–water partition coefficient (Wildman–Crippen LogP) is 3.77. The Hall–Kier alpha value is -2.93. The van der Waals surface area contributed by atoms with Gasteiger partial charge in [0.15, 0.2) is 18.1 Å². The molecule has 1 aliphatic heterocycles. The van der Waals surface area contributed by atoms with Gasteiger partial charge in [-0.05, 0) is 36.4 Å². The molecule has 0 spiro atoms. The zero-order valence-electron chi connectivity index (χ0n) is 12.4. The predicted molar refractivity (Wildman–Crippen MR) is 85.9 cm³/mol. The molecular formula is C16H12ClN3O4. The van der Waals surface area contributed by atoms with Crippen molar-refractivity contribution >= 4 is 23.3 Å². The Balaban J connectivity index is 1.38. The molecule has 1 aromatic heterocycles. The second-order valence-electron chi connectivity index (χ2n) is 4.94. The summed E-state index contributed by atoms with van der Waals surface area (Å²) in [6.45, 7) is 0.392. The lowest BCUT2D eigenvalue weighted by atomic mass is 10.3. The van der Waals surface area contributed by atoms with Gasteiger partial charge >= 0.3 is 6.01 Å². The number of hydrogen-bond acceptors (Lipinski definition) is 7. The molecule has 1 N–H and O–H groups in total. The van der Waals surface area contributed by atoms with Crippen LogP contribution in [0, 0.1) is 0 Å². The van der Waals surface area contributed by atoms with Crippen LogP contribution in [0.15, 0.2) is 46.9 Å². The minimum absolute atomic E-state index is 0.164. The van der Waals surface area contributed by atoms with E-state index in [4.69, 9.17) is 30.2 Å². The lowest BCUT2D eigenvalue weighted by Gasteiger charge is -2.03. The minimum Gasteiger partial charge on any atom is -0.484 e. The first-order valence-corrected chi connectivity index (χ1v) is 7.51. The van der Waals surface area contributed by atoms with Crippen molar-refractivity contribution in [2.75, 3.05) is 12.1 Å². The fraction of sp³-hybridized carbons (Fsp3) is 0.125. The molecule has 24 heavy (non-hydrogen) atoms. The number of hydrogen-bond donors (Lipinski definition) is 1. The van der Waals surface area contributed by atoms with E-state index < -0.39 is 0 Å². The smallest absolute Gasteiger partial charge is 0.320 e. The highest BCUT2D eigenvalue weighted by Gasteiger charge is 2.14. The summed E-state index contributed by atoms with van der Waals surface area (Å²) in [5.41, 5.74) is 0.757. The van der Waals surface area contributed by atoms with Crippen molar-refractivity contribution in [3.8, 4) is 17.2 Å². The van der Waals surface area contributed by atoms with Gasteiger partial charge in [-0.15, -0.1) is 5.10 Å². The number of rotatable bonds is 5. The van der Waals surface area contributed by atoms with Crippen LogP contribution < -0.4 is 19.5 Å². The third kappa shape index (κ3) is 3.21. The molecule has 2 heterocycles. The van der Waals surface area contributed by atoms with Crippen molar-refractivity contribution in [2.45, 2.75) is 6.61 Å². The Kier molecular flexibility index (Phi) is 3.84. The Morgan fingerprint density at radius 1 is 1.04 bits per heavy atom. The molecular weight excluding hydrogens is 334 g/mol. The maximum absolute atomic E-state index is 5.82. The lowest BCUT2D eigenvalue weighted by Crippen LogP contribution is -1.95. The molecule has 2 aromatic carbocycles. The molecule has 0 unspecified atom stereocenters. The largest absolute Gasteiger partial charge is 0.484 e. The number of nitrogens with zero attached hydrogens (tertiary/aromatic N) is 2. The zero-order chi connectivity index (χ0) is 16.4. The third-order valence-electron chi connectivity index (χ3n) is 3.27. The van der Waals surface area contributed by atoms with E-state index in [1.807, 2.05) is 12.1 Å². The summed E-state index contributed by atoms with van der Waals surface area (Å²) in [5, 5.41) is 11.5. The van der Waals surface area contributed by atoms with E-state index >= 15 is 0 Å². The van der Waals surface area contributed by atoms with Gasteiger partial charge in [0.25, 0.3) is 5.89 Å². The summed E-state index contributed by atoms with van der Waals surface area (Å²) < 4.78 is 21.6. The molecule has 0 amide bonds. The van der Waals surface area contributed by atoms with Crippen LogP contribution in [-0.4, -0.2) is 17.0 Å². The van der Waals surface area contributed by atoms with Crippen molar-refractivity contribution in [1.29, 1.82) is 0 Å². The van der Waals surface area contributed by atoms with Gasteiger partial charge in [0.1, 0.15) is 5.75 Å². The van der Waals surface area contributed by atoms with Crippen LogP contribution in [0.5, 0.6) is 17.2 Å². The fourth-order valence-electron chi connectivity index (χ4n) is 2.14. The maximum Gasteiger partial charge on any atom is 0.320 e. The van der Waals surface area contributed by atoms with E-state index in [2.05, 4.69) is 15.5 Å². The average Bonchev–Trinajstić information content (AvgIpc) is 3.23. The van der Waals surface area contributed by atoms with E-state index in [9.17, 15) is 0 Å². The molecule has 3 aromatic rings. The van der Waals surface area contributed by atoms with Crippen molar-refractivity contribution in [3.63, 3.8) is 0 Å². The van der Waals surface area contributed by atoms with Crippen LogP contribution >= 0.6 is 11.6 Å². The van der Waals surface area contributed by atoms with Crippen molar-refractivity contribution in [1.82, 2.24) is 10.2 Å². The highest BCUT2D eigenvalue weighted by atomic mass is 35.5. The number of nitrogens with one attached hydrogen (secondary N) is 1. The summed E-state index contributed by atoms with van der Waals surface area (Å²) in [6, 6.07) is 12.7. The van der Waals surface area contributed by atoms with Crippen LogP contribution in [0.2, 0.25) is 5.02 Å². The topological polar surface area (TPSA) is 78.6 Å². The first-order chi connectivity index (χ1) is 11.8. The summed E-state index contributed by atoms with van der Waals surface area (Å²) in [7, 11) is 0. The first-order valence-electron chi connectivity index (χ1n) is 7.14. The molecule has 4 rings (SSSR count). The van der Waals surface area contributed by atoms with E-state index in [1.54, 1.807) is 30.3 Å². The molecule has 8 heteroatoms. The summed E-state index contributed by atoms with van der Waals surface area (Å²) in [4.78, 5) is 0. The molecule has 122 valence electrons. The van der Waals surface area contributed by atoms with Gasteiger partial charge in [-0.2, -0.15) is 0 Å². The van der Waals surface area contributed by atoms with Crippen LogP contribution in [0.1, 0.15) is 5.89 Å². The molecule has 0 aliphatic carbocycles. The number of anilines is 2. The SMILES string of the molecule is Clc1ccc(OCc2nnc(Nc3ccc4c(c3)OCO4)o2)cc1. The van der Waals surface area contributed by atoms with E-state index in [0.717, 1.165) is 5.69 Å². The van der Waals surface area contributed by atoms with Gasteiger partial charge in [-0.25, -0.2) is 0 Å². The Labute approximate surface area is 142 Å².